The van der Waals surface area contributed by atoms with Crippen LogP contribution in [0, 0.1) is 0 Å². The fourth-order valence-corrected chi connectivity index (χ4v) is 3.98. The molecule has 0 aromatic rings. The van der Waals surface area contributed by atoms with Crippen LogP contribution in [0.25, 0.3) is 0 Å². The van der Waals surface area contributed by atoms with Crippen LogP contribution in [0.1, 0.15) is 0 Å². The molecule has 1 aliphatic rings. The van der Waals surface area contributed by atoms with E-state index >= 15 is 0 Å². The Kier molecular flexibility index (Phi) is 2.05. The van der Waals surface area contributed by atoms with Crippen LogP contribution in [0.15, 0.2) is 10.8 Å². The van der Waals surface area contributed by atoms with Crippen LogP contribution in [0.3, 0.4) is 0 Å². The molecule has 0 N–H and O–H groups in total. The minimum atomic E-state index is 0.455. The van der Waals surface area contributed by atoms with Crippen molar-refractivity contribution in [3.8, 4) is 0 Å². The van der Waals surface area contributed by atoms with Crippen molar-refractivity contribution in [1.82, 2.24) is 0 Å². The van der Waals surface area contributed by atoms with Gasteiger partial charge >= 0.3 is 0 Å². The average Bonchev–Trinajstić information content (AvgIpc) is 1.86. The van der Waals surface area contributed by atoms with Crippen molar-refractivity contribution in [2.45, 2.75) is 0 Å². The zero-order valence-corrected chi connectivity index (χ0v) is 6.72. The van der Waals surface area contributed by atoms with Crippen LogP contribution >= 0.6 is 40.6 Å². The zero-order chi connectivity index (χ0) is 4.41. The zero-order valence-electron chi connectivity index (χ0n) is 2.93. The van der Waals surface area contributed by atoms with Gasteiger partial charge in [0.25, 0.3) is 0 Å². The Morgan fingerprint density at radius 2 is 2.50 bits per heavy atom. The molecule has 0 aromatic carbocycles. The minimum Gasteiger partial charge on any atom is -0.0983 e. The number of rotatable bonds is 0. The predicted molar refractivity (Wildman–Crippen MR) is 44.4 cm³/mol. The molecule has 0 aromatic heterocycles. The normalized spacial score (nSPS) is 30.5. The highest BCUT2D eigenvalue weighted by atomic mass is 127. The fraction of sp³-hybridized carbons (Fsp3) is 0. The predicted octanol–water partition coefficient (Wildman–Crippen LogP) is 2.58. The van der Waals surface area contributed by atoms with Gasteiger partial charge in [0.1, 0.15) is 0 Å². The average molecular weight is 230 g/mol. The summed E-state index contributed by atoms with van der Waals surface area (Å²) in [6.07, 6.45) is 0. The molecule has 0 saturated carbocycles. The Morgan fingerprint density at radius 3 is 2.67 bits per heavy atom. The molecule has 0 amide bonds. The molecule has 0 radical (unpaired) electrons. The van der Waals surface area contributed by atoms with Crippen LogP contribution in [-0.2, 0) is 0 Å². The van der Waals surface area contributed by atoms with E-state index in [1.807, 2.05) is 0 Å². The van der Waals surface area contributed by atoms with Gasteiger partial charge in [0.15, 0.2) is 0 Å². The molecule has 1 rings (SSSR count). The highest BCUT2D eigenvalue weighted by molar-refractivity contribution is 14.2. The summed E-state index contributed by atoms with van der Waals surface area (Å²) >= 11 is 4.18. The van der Waals surface area contributed by atoms with E-state index in [0.29, 0.717) is 7.66 Å². The van der Waals surface area contributed by atoms with Crippen LogP contribution < -0.4 is 0 Å². The summed E-state index contributed by atoms with van der Waals surface area (Å²) in [6, 6.07) is 0. The van der Waals surface area contributed by atoms with Gasteiger partial charge in [-0.05, 0) is 32.0 Å². The van der Waals surface area contributed by atoms with E-state index in [0.717, 1.165) is 0 Å². The summed E-state index contributed by atoms with van der Waals surface area (Å²) in [5.74, 6) is 0. The first-order valence-corrected chi connectivity index (χ1v) is 6.27. The lowest BCUT2D eigenvalue weighted by atomic mass is 11.3. The largest absolute Gasteiger partial charge is 0.0983 e. The van der Waals surface area contributed by atoms with E-state index in [1.54, 1.807) is 11.8 Å². The van der Waals surface area contributed by atoms with Crippen molar-refractivity contribution in [3.63, 3.8) is 0 Å². The van der Waals surface area contributed by atoms with Gasteiger partial charge in [0, 0.05) is 4.70 Å². The monoisotopic (exact) mass is 230 g/mol. The maximum absolute atomic E-state index is 2.40. The van der Waals surface area contributed by atoms with Crippen molar-refractivity contribution < 1.29 is 0 Å². The number of thioether (sulfide) groups is 1. The summed E-state index contributed by atoms with van der Waals surface area (Å²) in [4.78, 5) is 0. The van der Waals surface area contributed by atoms with E-state index in [-0.39, 0.29) is 0 Å². The molecule has 0 bridgehead atoms. The second kappa shape index (κ2) is 2.37. The fourth-order valence-electron chi connectivity index (χ4n) is 0.202. The second-order valence-electron chi connectivity index (χ2n) is 0.819. The molecular weight excluding hydrogens is 227 g/mol. The molecule has 1 atom stereocenters. The van der Waals surface area contributed by atoms with Crippen LogP contribution in [0.2, 0.25) is 0 Å². The van der Waals surface area contributed by atoms with Crippen molar-refractivity contribution >= 4 is 45.3 Å². The van der Waals surface area contributed by atoms with Crippen LogP contribution in [0.4, 0.5) is 0 Å². The molecule has 6 heavy (non-hydrogen) atoms. The molecule has 0 aliphatic carbocycles. The summed E-state index contributed by atoms with van der Waals surface area (Å²) in [5, 5.41) is 4.32. The summed E-state index contributed by atoms with van der Waals surface area (Å²) in [5.41, 5.74) is 0. The Hall–Kier alpha value is 1.04. The minimum absolute atomic E-state index is 0.455. The van der Waals surface area contributed by atoms with Crippen molar-refractivity contribution in [2.75, 3.05) is 0 Å². The third kappa shape index (κ3) is 1.27. The van der Waals surface area contributed by atoms with E-state index in [1.165, 1.54) is 0 Å². The SMILES string of the molecule is IS1=CSC=C1. The smallest absolute Gasteiger partial charge is 0.0123 e. The van der Waals surface area contributed by atoms with Gasteiger partial charge in [-0.1, -0.05) is 19.4 Å². The van der Waals surface area contributed by atoms with Gasteiger partial charge < -0.3 is 0 Å². The molecule has 0 nitrogen and oxygen atoms in total. The molecular formula is C3H3IS2. The van der Waals surface area contributed by atoms with Crippen molar-refractivity contribution in [1.29, 1.82) is 0 Å². The highest BCUT2D eigenvalue weighted by Gasteiger charge is 1.85. The van der Waals surface area contributed by atoms with E-state index < -0.39 is 0 Å². The van der Waals surface area contributed by atoms with Gasteiger partial charge in [0.05, 0.1) is 0 Å². The lowest BCUT2D eigenvalue weighted by molar-refractivity contribution is 2.60. The van der Waals surface area contributed by atoms with Gasteiger partial charge in [-0.3, -0.25) is 0 Å². The first-order valence-electron chi connectivity index (χ1n) is 1.43. The molecule has 0 spiro atoms. The highest BCUT2D eigenvalue weighted by Crippen LogP contribution is 2.32. The van der Waals surface area contributed by atoms with E-state index in [4.69, 9.17) is 0 Å². The quantitative estimate of drug-likeness (QED) is 0.455. The second-order valence-corrected chi connectivity index (χ2v) is 6.08. The number of hydrogen-bond donors (Lipinski definition) is 0. The van der Waals surface area contributed by atoms with Crippen molar-refractivity contribution in [2.24, 2.45) is 0 Å². The van der Waals surface area contributed by atoms with Gasteiger partial charge in [0.2, 0.25) is 0 Å². The van der Waals surface area contributed by atoms with Crippen molar-refractivity contribution in [3.05, 3.63) is 10.8 Å². The lowest BCUT2D eigenvalue weighted by Crippen LogP contribution is -1.36. The number of hydrogen-bond acceptors (Lipinski definition) is 1. The maximum Gasteiger partial charge on any atom is 0.0123 e. The first kappa shape index (κ1) is 5.18. The Morgan fingerprint density at radius 1 is 1.67 bits per heavy atom. The van der Waals surface area contributed by atoms with Crippen LogP contribution in [-0.4, -0.2) is 4.70 Å². The molecule has 34 valence electrons. The molecule has 3 heteroatoms. The van der Waals surface area contributed by atoms with Gasteiger partial charge in [-0.15, -0.1) is 0 Å². The Balaban J connectivity index is 2.68. The molecule has 0 saturated heterocycles. The topological polar surface area (TPSA) is 0 Å². The molecule has 1 unspecified atom stereocenters. The van der Waals surface area contributed by atoms with E-state index in [9.17, 15) is 0 Å². The Labute approximate surface area is 55.9 Å². The molecule has 0 fully saturated rings. The lowest BCUT2D eigenvalue weighted by Gasteiger charge is -1.72. The summed E-state index contributed by atoms with van der Waals surface area (Å²) < 4.78 is 2.22. The molecule has 1 heterocycles. The van der Waals surface area contributed by atoms with E-state index in [2.05, 4.69) is 36.7 Å². The first-order chi connectivity index (χ1) is 2.89. The third-order valence-electron chi connectivity index (χ3n) is 0.412. The Bertz CT molecular complexity index is 103. The van der Waals surface area contributed by atoms with Gasteiger partial charge in [-0.25, -0.2) is 0 Å². The standard InChI is InChI=1S/C3H3IS2/c4-6-2-1-5-3-6/h1-3H. The maximum atomic E-state index is 2.40. The third-order valence-corrected chi connectivity index (χ3v) is 5.20. The summed E-state index contributed by atoms with van der Waals surface area (Å²) in [7, 11) is 0.455. The van der Waals surface area contributed by atoms with Gasteiger partial charge in [-0.2, -0.15) is 0 Å². The summed E-state index contributed by atoms with van der Waals surface area (Å²) in [6.45, 7) is 0. The van der Waals surface area contributed by atoms with Crippen LogP contribution in [0.5, 0.6) is 0 Å². The molecule has 1 aliphatic heterocycles. The number of halogens is 1.